The lowest BCUT2D eigenvalue weighted by atomic mass is 9.78. The number of rotatable bonds is 3. The molecule has 1 amide bonds. The quantitative estimate of drug-likeness (QED) is 0.739. The molecule has 116 valence electrons. The van der Waals surface area contributed by atoms with Crippen molar-refractivity contribution in [1.82, 2.24) is 16.0 Å². The van der Waals surface area contributed by atoms with Gasteiger partial charge in [-0.25, -0.2) is 0 Å². The predicted molar refractivity (Wildman–Crippen MR) is 84.6 cm³/mol. The molecule has 1 saturated heterocycles. The van der Waals surface area contributed by atoms with Crippen molar-refractivity contribution < 1.29 is 4.79 Å². The average Bonchev–Trinajstić information content (AvgIpc) is 2.81. The van der Waals surface area contributed by atoms with Crippen molar-refractivity contribution >= 4 is 5.91 Å². The Labute approximate surface area is 127 Å². The van der Waals surface area contributed by atoms with Gasteiger partial charge >= 0.3 is 0 Å². The Bertz CT molecular complexity index is 520. The summed E-state index contributed by atoms with van der Waals surface area (Å²) in [4.78, 5) is 12.6. The van der Waals surface area contributed by atoms with Crippen LogP contribution in [0.5, 0.6) is 0 Å². The Balaban J connectivity index is 1.73. The molecule has 0 spiro atoms. The number of amides is 1. The summed E-state index contributed by atoms with van der Waals surface area (Å²) in [7, 11) is 0. The molecule has 3 N–H and O–H groups in total. The van der Waals surface area contributed by atoms with Crippen LogP contribution >= 0.6 is 0 Å². The maximum atomic E-state index is 12.6. The van der Waals surface area contributed by atoms with Crippen LogP contribution in [-0.4, -0.2) is 30.1 Å². The largest absolute Gasteiger partial charge is 0.380 e. The molecule has 3 aliphatic rings. The Morgan fingerprint density at radius 2 is 1.90 bits per heavy atom. The van der Waals surface area contributed by atoms with Gasteiger partial charge < -0.3 is 16.0 Å². The highest BCUT2D eigenvalue weighted by Gasteiger charge is 2.57. The Morgan fingerprint density at radius 1 is 1.29 bits per heavy atom. The molecule has 4 heteroatoms. The molecule has 3 atom stereocenters. The molecule has 4 nitrogen and oxygen atoms in total. The fourth-order valence-electron chi connectivity index (χ4n) is 4.27. The number of nitrogens with one attached hydrogen (secondary N) is 3. The molecular formula is C17H27N3O. The topological polar surface area (TPSA) is 53.2 Å². The fourth-order valence-corrected chi connectivity index (χ4v) is 4.27. The van der Waals surface area contributed by atoms with E-state index < -0.39 is 0 Å². The van der Waals surface area contributed by atoms with Gasteiger partial charge in [-0.1, -0.05) is 6.08 Å². The molecule has 0 aromatic carbocycles. The first-order chi connectivity index (χ1) is 9.72. The van der Waals surface area contributed by atoms with E-state index in [1.54, 1.807) is 0 Å². The molecule has 1 saturated carbocycles. The van der Waals surface area contributed by atoms with Crippen LogP contribution in [0.1, 0.15) is 34.6 Å². The number of fused-ring (bicyclic) bond motifs is 1. The van der Waals surface area contributed by atoms with E-state index in [0.29, 0.717) is 11.8 Å². The first-order valence-corrected chi connectivity index (χ1v) is 7.93. The maximum Gasteiger partial charge on any atom is 0.224 e. The van der Waals surface area contributed by atoms with Gasteiger partial charge in [-0.15, -0.1) is 0 Å². The molecule has 2 heterocycles. The highest BCUT2D eigenvalue weighted by atomic mass is 16.2. The molecule has 21 heavy (non-hydrogen) atoms. The highest BCUT2D eigenvalue weighted by molar-refractivity contribution is 5.83. The lowest BCUT2D eigenvalue weighted by Gasteiger charge is -2.42. The van der Waals surface area contributed by atoms with Crippen LogP contribution in [0.4, 0.5) is 0 Å². The number of carbonyl (C=O) groups excluding carboxylic acids is 1. The van der Waals surface area contributed by atoms with Crippen LogP contribution in [0.15, 0.2) is 23.4 Å². The van der Waals surface area contributed by atoms with Gasteiger partial charge in [0.25, 0.3) is 0 Å². The second-order valence-electron chi connectivity index (χ2n) is 7.81. The van der Waals surface area contributed by atoms with E-state index >= 15 is 0 Å². The third kappa shape index (κ3) is 2.50. The molecule has 0 aromatic heterocycles. The van der Waals surface area contributed by atoms with Gasteiger partial charge in [0.2, 0.25) is 5.91 Å². The Morgan fingerprint density at radius 3 is 2.48 bits per heavy atom. The molecule has 2 aliphatic heterocycles. The highest BCUT2D eigenvalue weighted by Crippen LogP contribution is 2.49. The molecule has 3 rings (SSSR count). The van der Waals surface area contributed by atoms with Crippen LogP contribution in [-0.2, 0) is 4.79 Å². The maximum absolute atomic E-state index is 12.6. The lowest BCUT2D eigenvalue weighted by molar-refractivity contribution is -0.124. The predicted octanol–water partition coefficient (Wildman–Crippen LogP) is 1.56. The van der Waals surface area contributed by atoms with Crippen molar-refractivity contribution in [3.05, 3.63) is 23.4 Å². The normalized spacial score (nSPS) is 33.5. The first kappa shape index (κ1) is 14.6. The van der Waals surface area contributed by atoms with E-state index in [9.17, 15) is 4.79 Å². The summed E-state index contributed by atoms with van der Waals surface area (Å²) in [5.74, 6) is 1.58. The van der Waals surface area contributed by atoms with Gasteiger partial charge in [-0.3, -0.25) is 4.79 Å². The smallest absolute Gasteiger partial charge is 0.224 e. The SMILES string of the molecule is CC1=CC=C(C(C)(C)NC(=O)C2[C@H]3CNC[C@@H]23)C(C)(C)N1. The molecule has 0 radical (unpaired) electrons. The van der Waals surface area contributed by atoms with Crippen LogP contribution in [0.2, 0.25) is 0 Å². The minimum atomic E-state index is -0.338. The second kappa shape index (κ2) is 4.60. The summed E-state index contributed by atoms with van der Waals surface area (Å²) in [5.41, 5.74) is 1.90. The number of allylic oxidation sites excluding steroid dienone is 3. The molecule has 0 aromatic rings. The molecule has 2 fully saturated rings. The monoisotopic (exact) mass is 289 g/mol. The molecule has 1 unspecified atom stereocenters. The van der Waals surface area contributed by atoms with Gasteiger partial charge in [-0.05, 0) is 71.2 Å². The van der Waals surface area contributed by atoms with Gasteiger partial charge in [-0.2, -0.15) is 0 Å². The first-order valence-electron chi connectivity index (χ1n) is 7.93. The van der Waals surface area contributed by atoms with E-state index in [-0.39, 0.29) is 22.9 Å². The Kier molecular flexibility index (Phi) is 3.21. The van der Waals surface area contributed by atoms with Crippen molar-refractivity contribution in [2.45, 2.75) is 45.7 Å². The summed E-state index contributed by atoms with van der Waals surface area (Å²) in [6.45, 7) is 12.6. The molecule has 0 bridgehead atoms. The summed E-state index contributed by atoms with van der Waals surface area (Å²) in [6, 6.07) is 0. The Hall–Kier alpha value is -1.29. The summed E-state index contributed by atoms with van der Waals surface area (Å²) in [6.07, 6.45) is 4.24. The summed E-state index contributed by atoms with van der Waals surface area (Å²) < 4.78 is 0. The van der Waals surface area contributed by atoms with E-state index in [1.807, 2.05) is 0 Å². The number of dihydropyridines is 1. The minimum absolute atomic E-state index is 0.142. The van der Waals surface area contributed by atoms with Crippen LogP contribution in [0, 0.1) is 17.8 Å². The van der Waals surface area contributed by atoms with Gasteiger partial charge in [0.15, 0.2) is 0 Å². The van der Waals surface area contributed by atoms with E-state index in [2.05, 4.69) is 62.7 Å². The number of hydrogen-bond donors (Lipinski definition) is 3. The molecular weight excluding hydrogens is 262 g/mol. The standard InChI is InChI=1S/C17H27N3O/c1-10-6-7-13(16(2,3)19-10)17(4,5)20-15(21)14-11-8-18-9-12(11)14/h6-7,11-12,14,18-19H,8-9H2,1-5H3,(H,20,21)/t11-,12+,14?. The van der Waals surface area contributed by atoms with Gasteiger partial charge in [0, 0.05) is 11.6 Å². The fraction of sp³-hybridized carbons (Fsp3) is 0.706. The number of carbonyl (C=O) groups is 1. The minimum Gasteiger partial charge on any atom is -0.380 e. The third-order valence-electron chi connectivity index (χ3n) is 5.19. The van der Waals surface area contributed by atoms with Crippen molar-refractivity contribution in [3.63, 3.8) is 0 Å². The van der Waals surface area contributed by atoms with Crippen LogP contribution in [0.25, 0.3) is 0 Å². The average molecular weight is 289 g/mol. The van der Waals surface area contributed by atoms with Crippen LogP contribution in [0.3, 0.4) is 0 Å². The van der Waals surface area contributed by atoms with Crippen molar-refractivity contribution in [1.29, 1.82) is 0 Å². The second-order valence-corrected chi connectivity index (χ2v) is 7.81. The van der Waals surface area contributed by atoms with E-state index in [4.69, 9.17) is 0 Å². The van der Waals surface area contributed by atoms with Crippen LogP contribution < -0.4 is 16.0 Å². The van der Waals surface area contributed by atoms with E-state index in [0.717, 1.165) is 18.8 Å². The van der Waals surface area contributed by atoms with Crippen molar-refractivity contribution in [2.75, 3.05) is 13.1 Å². The van der Waals surface area contributed by atoms with E-state index in [1.165, 1.54) is 5.57 Å². The zero-order valence-electron chi connectivity index (χ0n) is 13.7. The lowest BCUT2D eigenvalue weighted by Crippen LogP contribution is -2.55. The molecule has 1 aliphatic carbocycles. The zero-order chi connectivity index (χ0) is 15.4. The summed E-state index contributed by atoms with van der Waals surface area (Å²) >= 11 is 0. The summed E-state index contributed by atoms with van der Waals surface area (Å²) in [5, 5.41) is 10.1. The van der Waals surface area contributed by atoms with Gasteiger partial charge in [0.05, 0.1) is 11.1 Å². The third-order valence-corrected chi connectivity index (χ3v) is 5.19. The number of hydrogen-bond acceptors (Lipinski definition) is 3. The van der Waals surface area contributed by atoms with Gasteiger partial charge in [0.1, 0.15) is 0 Å². The zero-order valence-corrected chi connectivity index (χ0v) is 13.7. The van der Waals surface area contributed by atoms with Crippen molar-refractivity contribution in [3.8, 4) is 0 Å². The number of piperidine rings is 1. The van der Waals surface area contributed by atoms with Crippen molar-refractivity contribution in [2.24, 2.45) is 17.8 Å².